The quantitative estimate of drug-likeness (QED) is 0.515. The minimum Gasteiger partial charge on any atom is -0.423 e. The SMILES string of the molecule is Cc1cccc(B(O)OCCCO)c1. The molecule has 0 saturated heterocycles. The molecule has 0 bridgehead atoms. The zero-order chi connectivity index (χ0) is 10.4. The molecule has 0 amide bonds. The largest absolute Gasteiger partial charge is 0.491 e. The van der Waals surface area contributed by atoms with Crippen LogP contribution >= 0.6 is 0 Å². The average Bonchev–Trinajstić information content (AvgIpc) is 2.18. The van der Waals surface area contributed by atoms with E-state index in [1.807, 2.05) is 31.2 Å². The first kappa shape index (κ1) is 11.2. The van der Waals surface area contributed by atoms with Gasteiger partial charge in [0.15, 0.2) is 0 Å². The highest BCUT2D eigenvalue weighted by atomic mass is 16.5. The van der Waals surface area contributed by atoms with Gasteiger partial charge in [0.25, 0.3) is 0 Å². The predicted molar refractivity (Wildman–Crippen MR) is 56.4 cm³/mol. The van der Waals surface area contributed by atoms with E-state index in [2.05, 4.69) is 0 Å². The van der Waals surface area contributed by atoms with Crippen molar-refractivity contribution in [3.63, 3.8) is 0 Å². The Balaban J connectivity index is 2.47. The Morgan fingerprint density at radius 2 is 2.21 bits per heavy atom. The second-order valence-corrected chi connectivity index (χ2v) is 3.21. The van der Waals surface area contributed by atoms with Crippen molar-refractivity contribution in [3.8, 4) is 0 Å². The monoisotopic (exact) mass is 194 g/mol. The Labute approximate surface area is 84.5 Å². The Kier molecular flexibility index (Phi) is 4.66. The second-order valence-electron chi connectivity index (χ2n) is 3.21. The molecule has 0 atom stereocenters. The standard InChI is InChI=1S/C10H15BO3/c1-9-4-2-5-10(8-9)11(13)14-7-3-6-12/h2,4-5,8,12-13H,3,6-7H2,1H3. The van der Waals surface area contributed by atoms with Crippen LogP contribution in [0, 0.1) is 6.92 Å². The molecule has 4 heteroatoms. The number of hydrogen-bond donors (Lipinski definition) is 2. The third kappa shape index (κ3) is 3.50. The molecule has 0 aromatic heterocycles. The smallest absolute Gasteiger partial charge is 0.423 e. The maximum absolute atomic E-state index is 9.57. The van der Waals surface area contributed by atoms with E-state index < -0.39 is 7.12 Å². The van der Waals surface area contributed by atoms with Crippen molar-refractivity contribution in [2.75, 3.05) is 13.2 Å². The maximum atomic E-state index is 9.57. The van der Waals surface area contributed by atoms with Crippen LogP contribution in [0.25, 0.3) is 0 Å². The number of aliphatic hydroxyl groups is 1. The summed E-state index contributed by atoms with van der Waals surface area (Å²) in [5, 5.41) is 18.1. The van der Waals surface area contributed by atoms with Crippen molar-refractivity contribution in [1.29, 1.82) is 0 Å². The Hall–Kier alpha value is -0.835. The van der Waals surface area contributed by atoms with Gasteiger partial charge in [0, 0.05) is 13.2 Å². The molecule has 1 aromatic rings. The number of hydrogen-bond acceptors (Lipinski definition) is 3. The van der Waals surface area contributed by atoms with Crippen LogP contribution in [-0.4, -0.2) is 30.5 Å². The zero-order valence-corrected chi connectivity index (χ0v) is 8.31. The summed E-state index contributed by atoms with van der Waals surface area (Å²) < 4.78 is 5.12. The average molecular weight is 194 g/mol. The van der Waals surface area contributed by atoms with Gasteiger partial charge >= 0.3 is 7.12 Å². The lowest BCUT2D eigenvalue weighted by atomic mass is 9.79. The first-order valence-corrected chi connectivity index (χ1v) is 4.71. The predicted octanol–water partition coefficient (Wildman–Crippen LogP) is 0.0815. The van der Waals surface area contributed by atoms with Crippen LogP contribution < -0.4 is 5.46 Å². The molecule has 1 aromatic carbocycles. The lowest BCUT2D eigenvalue weighted by molar-refractivity contribution is 0.216. The Morgan fingerprint density at radius 3 is 2.86 bits per heavy atom. The van der Waals surface area contributed by atoms with Gasteiger partial charge in [-0.15, -0.1) is 0 Å². The lowest BCUT2D eigenvalue weighted by Gasteiger charge is -2.07. The van der Waals surface area contributed by atoms with E-state index in [-0.39, 0.29) is 6.61 Å². The van der Waals surface area contributed by atoms with Gasteiger partial charge in [0.05, 0.1) is 0 Å². The van der Waals surface area contributed by atoms with E-state index in [9.17, 15) is 5.02 Å². The van der Waals surface area contributed by atoms with Crippen molar-refractivity contribution in [2.45, 2.75) is 13.3 Å². The molecule has 76 valence electrons. The molecule has 0 unspecified atom stereocenters. The van der Waals surface area contributed by atoms with Crippen molar-refractivity contribution < 1.29 is 14.8 Å². The number of aryl methyl sites for hydroxylation is 1. The summed E-state index contributed by atoms with van der Waals surface area (Å²) in [4.78, 5) is 0. The molecule has 0 saturated carbocycles. The number of rotatable bonds is 5. The van der Waals surface area contributed by atoms with Gasteiger partial charge in [-0.3, -0.25) is 0 Å². The Morgan fingerprint density at radius 1 is 1.43 bits per heavy atom. The van der Waals surface area contributed by atoms with Crippen molar-refractivity contribution >= 4 is 12.6 Å². The molecular weight excluding hydrogens is 179 g/mol. The van der Waals surface area contributed by atoms with E-state index in [1.165, 1.54) is 0 Å². The summed E-state index contributed by atoms with van der Waals surface area (Å²) in [6.45, 7) is 2.41. The highest BCUT2D eigenvalue weighted by Gasteiger charge is 2.15. The van der Waals surface area contributed by atoms with E-state index in [1.54, 1.807) is 0 Å². The number of aliphatic hydroxyl groups excluding tert-OH is 1. The summed E-state index contributed by atoms with van der Waals surface area (Å²) in [5.41, 5.74) is 1.84. The van der Waals surface area contributed by atoms with Crippen molar-refractivity contribution in [1.82, 2.24) is 0 Å². The fraction of sp³-hybridized carbons (Fsp3) is 0.400. The normalized spacial score (nSPS) is 10.2. The van der Waals surface area contributed by atoms with E-state index >= 15 is 0 Å². The summed E-state index contributed by atoms with van der Waals surface area (Å²) in [5.74, 6) is 0. The maximum Gasteiger partial charge on any atom is 0.491 e. The highest BCUT2D eigenvalue weighted by molar-refractivity contribution is 6.59. The first-order chi connectivity index (χ1) is 6.74. The molecule has 0 heterocycles. The molecule has 0 radical (unpaired) electrons. The van der Waals surface area contributed by atoms with Crippen LogP contribution in [-0.2, 0) is 4.65 Å². The van der Waals surface area contributed by atoms with Crippen LogP contribution in [0.15, 0.2) is 24.3 Å². The third-order valence-corrected chi connectivity index (χ3v) is 1.91. The fourth-order valence-corrected chi connectivity index (χ4v) is 1.18. The highest BCUT2D eigenvalue weighted by Crippen LogP contribution is 1.95. The van der Waals surface area contributed by atoms with E-state index in [4.69, 9.17) is 9.76 Å². The van der Waals surface area contributed by atoms with Crippen LogP contribution in [0.4, 0.5) is 0 Å². The topological polar surface area (TPSA) is 49.7 Å². The second kappa shape index (κ2) is 5.80. The summed E-state index contributed by atoms with van der Waals surface area (Å²) >= 11 is 0. The molecule has 0 fully saturated rings. The van der Waals surface area contributed by atoms with Gasteiger partial charge in [-0.1, -0.05) is 29.8 Å². The molecule has 0 aliphatic heterocycles. The van der Waals surface area contributed by atoms with Crippen LogP contribution in [0.1, 0.15) is 12.0 Å². The third-order valence-electron chi connectivity index (χ3n) is 1.91. The van der Waals surface area contributed by atoms with Crippen LogP contribution in [0.2, 0.25) is 0 Å². The van der Waals surface area contributed by atoms with Crippen LogP contribution in [0.5, 0.6) is 0 Å². The molecular formula is C10H15BO3. The van der Waals surface area contributed by atoms with Crippen LogP contribution in [0.3, 0.4) is 0 Å². The molecule has 3 nitrogen and oxygen atoms in total. The van der Waals surface area contributed by atoms with E-state index in [0.29, 0.717) is 13.0 Å². The number of benzene rings is 1. The van der Waals surface area contributed by atoms with Crippen molar-refractivity contribution in [2.24, 2.45) is 0 Å². The van der Waals surface area contributed by atoms with Gasteiger partial charge in [-0.25, -0.2) is 0 Å². The molecule has 0 aliphatic carbocycles. The summed E-state index contributed by atoms with van der Waals surface area (Å²) in [6, 6.07) is 7.54. The molecule has 0 spiro atoms. The molecule has 0 aliphatic rings. The first-order valence-electron chi connectivity index (χ1n) is 4.71. The molecule has 2 N–H and O–H groups in total. The fourth-order valence-electron chi connectivity index (χ4n) is 1.18. The minimum atomic E-state index is -0.888. The van der Waals surface area contributed by atoms with Gasteiger partial charge in [0.1, 0.15) is 0 Å². The lowest BCUT2D eigenvalue weighted by Crippen LogP contribution is -2.34. The molecule has 14 heavy (non-hydrogen) atoms. The van der Waals surface area contributed by atoms with E-state index in [0.717, 1.165) is 11.0 Å². The van der Waals surface area contributed by atoms with Crippen molar-refractivity contribution in [3.05, 3.63) is 29.8 Å². The van der Waals surface area contributed by atoms with Gasteiger partial charge in [0.2, 0.25) is 0 Å². The zero-order valence-electron chi connectivity index (χ0n) is 8.31. The Bertz CT molecular complexity index is 278. The van der Waals surface area contributed by atoms with Gasteiger partial charge in [-0.2, -0.15) is 0 Å². The summed E-state index contributed by atoms with van der Waals surface area (Å²) in [7, 11) is -0.888. The minimum absolute atomic E-state index is 0.0839. The molecule has 1 rings (SSSR count). The van der Waals surface area contributed by atoms with Gasteiger partial charge in [-0.05, 0) is 18.8 Å². The van der Waals surface area contributed by atoms with Gasteiger partial charge < -0.3 is 14.8 Å². The summed E-state index contributed by atoms with van der Waals surface area (Å²) in [6.07, 6.45) is 0.545.